The summed E-state index contributed by atoms with van der Waals surface area (Å²) in [4.78, 5) is 4.33. The summed E-state index contributed by atoms with van der Waals surface area (Å²) in [6.45, 7) is 3.10. The number of nitrogens with zero attached hydrogens (tertiary/aromatic N) is 1. The molecule has 0 aliphatic heterocycles. The van der Waals surface area contributed by atoms with E-state index >= 15 is 0 Å². The van der Waals surface area contributed by atoms with Gasteiger partial charge in [-0.25, -0.2) is 4.99 Å². The first-order valence-corrected chi connectivity index (χ1v) is 7.14. The second-order valence-corrected chi connectivity index (χ2v) is 4.64. The van der Waals surface area contributed by atoms with Crippen LogP contribution < -0.4 is 20.5 Å². The molecular weight excluding hydrogens is 278 g/mol. The molecule has 0 amide bonds. The predicted octanol–water partition coefficient (Wildman–Crippen LogP) is 3.02. The van der Waals surface area contributed by atoms with Crippen LogP contribution in [0.4, 0.5) is 5.69 Å². The van der Waals surface area contributed by atoms with Crippen molar-refractivity contribution in [3.05, 3.63) is 54.1 Å². The van der Waals surface area contributed by atoms with Gasteiger partial charge < -0.3 is 20.5 Å². The number of hydrogen-bond acceptors (Lipinski definition) is 3. The molecule has 0 aliphatic carbocycles. The minimum atomic E-state index is 0.368. The number of hydrogen-bond donors (Lipinski definition) is 2. The Hall–Kier alpha value is -2.69. The molecule has 0 aromatic heterocycles. The Morgan fingerprint density at radius 3 is 2.59 bits per heavy atom. The fraction of sp³-hybridized carbons (Fsp3) is 0.235. The smallest absolute Gasteiger partial charge is 0.193 e. The van der Waals surface area contributed by atoms with E-state index in [1.807, 2.05) is 55.5 Å². The second kappa shape index (κ2) is 7.93. The van der Waals surface area contributed by atoms with Gasteiger partial charge in [0.1, 0.15) is 11.5 Å². The third kappa shape index (κ3) is 4.70. The molecule has 0 aliphatic rings. The lowest BCUT2D eigenvalue weighted by molar-refractivity contribution is 0.340. The largest absolute Gasteiger partial charge is 0.497 e. The predicted molar refractivity (Wildman–Crippen MR) is 89.6 cm³/mol. The Kier molecular flexibility index (Phi) is 5.65. The summed E-state index contributed by atoms with van der Waals surface area (Å²) < 4.78 is 10.6. The summed E-state index contributed by atoms with van der Waals surface area (Å²) in [5, 5.41) is 3.04. The van der Waals surface area contributed by atoms with Gasteiger partial charge in [-0.05, 0) is 48.9 Å². The topological polar surface area (TPSA) is 68.9 Å². The first-order chi connectivity index (χ1) is 10.7. The molecule has 0 fully saturated rings. The number of nitrogens with one attached hydrogen (secondary N) is 1. The van der Waals surface area contributed by atoms with Crippen molar-refractivity contribution in [2.75, 3.05) is 19.0 Å². The highest BCUT2D eigenvalue weighted by molar-refractivity contribution is 5.92. The molecular formula is C17H21N3O2. The van der Waals surface area contributed by atoms with Crippen LogP contribution in [-0.4, -0.2) is 19.7 Å². The first kappa shape index (κ1) is 15.7. The van der Waals surface area contributed by atoms with Crippen molar-refractivity contribution >= 4 is 11.6 Å². The van der Waals surface area contributed by atoms with E-state index in [0.717, 1.165) is 22.7 Å². The molecule has 116 valence electrons. The van der Waals surface area contributed by atoms with Gasteiger partial charge in [0, 0.05) is 5.69 Å². The highest BCUT2D eigenvalue weighted by Gasteiger charge is 1.98. The molecule has 22 heavy (non-hydrogen) atoms. The van der Waals surface area contributed by atoms with Crippen LogP contribution in [0.15, 0.2) is 53.5 Å². The van der Waals surface area contributed by atoms with Crippen molar-refractivity contribution in [2.24, 2.45) is 10.7 Å². The maximum Gasteiger partial charge on any atom is 0.193 e. The summed E-state index contributed by atoms with van der Waals surface area (Å²) in [6.07, 6.45) is 0. The Morgan fingerprint density at radius 1 is 1.14 bits per heavy atom. The zero-order valence-electron chi connectivity index (χ0n) is 12.9. The lowest BCUT2D eigenvalue weighted by Crippen LogP contribution is -2.22. The van der Waals surface area contributed by atoms with E-state index in [2.05, 4.69) is 10.3 Å². The van der Waals surface area contributed by atoms with Crippen LogP contribution in [0.2, 0.25) is 0 Å². The minimum Gasteiger partial charge on any atom is -0.497 e. The zero-order valence-corrected chi connectivity index (χ0v) is 12.9. The van der Waals surface area contributed by atoms with E-state index in [4.69, 9.17) is 15.2 Å². The average molecular weight is 299 g/mol. The maximum absolute atomic E-state index is 5.90. The molecule has 0 spiro atoms. The molecule has 0 bridgehead atoms. The molecule has 2 aromatic carbocycles. The van der Waals surface area contributed by atoms with Gasteiger partial charge in [0.15, 0.2) is 5.96 Å². The van der Waals surface area contributed by atoms with Gasteiger partial charge >= 0.3 is 0 Å². The van der Waals surface area contributed by atoms with Gasteiger partial charge in [-0.15, -0.1) is 0 Å². The Balaban J connectivity index is 1.95. The Labute approximate surface area is 130 Å². The van der Waals surface area contributed by atoms with Crippen LogP contribution in [0.3, 0.4) is 0 Å². The number of nitrogens with two attached hydrogens (primary N) is 1. The van der Waals surface area contributed by atoms with E-state index in [-0.39, 0.29) is 0 Å². The number of anilines is 1. The summed E-state index contributed by atoms with van der Waals surface area (Å²) in [6, 6.07) is 15.3. The van der Waals surface area contributed by atoms with E-state index in [0.29, 0.717) is 19.1 Å². The van der Waals surface area contributed by atoms with Gasteiger partial charge in [0.25, 0.3) is 0 Å². The molecule has 0 unspecified atom stereocenters. The molecule has 2 rings (SSSR count). The second-order valence-electron chi connectivity index (χ2n) is 4.64. The van der Waals surface area contributed by atoms with Gasteiger partial charge in [0.2, 0.25) is 0 Å². The van der Waals surface area contributed by atoms with Gasteiger partial charge in [0.05, 0.1) is 20.3 Å². The molecule has 0 saturated carbocycles. The van der Waals surface area contributed by atoms with E-state index in [9.17, 15) is 0 Å². The maximum atomic E-state index is 5.90. The quantitative estimate of drug-likeness (QED) is 0.635. The van der Waals surface area contributed by atoms with Crippen LogP contribution in [-0.2, 0) is 6.54 Å². The van der Waals surface area contributed by atoms with E-state index < -0.39 is 0 Å². The Bertz CT molecular complexity index is 624. The number of aliphatic imine (C=N–C) groups is 1. The highest BCUT2D eigenvalue weighted by Crippen LogP contribution is 2.15. The monoisotopic (exact) mass is 299 g/mol. The van der Waals surface area contributed by atoms with Crippen LogP contribution in [0.25, 0.3) is 0 Å². The molecule has 5 heteroatoms. The average Bonchev–Trinajstić information content (AvgIpc) is 2.54. The summed E-state index contributed by atoms with van der Waals surface area (Å²) in [5.41, 5.74) is 7.81. The number of ether oxygens (including phenoxy) is 2. The summed E-state index contributed by atoms with van der Waals surface area (Å²) >= 11 is 0. The standard InChI is InChI=1S/C17H21N3O2/c1-3-22-16-6-4-5-13(11-16)12-19-17(18)20-14-7-9-15(21-2)10-8-14/h4-11H,3,12H2,1-2H3,(H3,18,19,20). The first-order valence-electron chi connectivity index (χ1n) is 7.14. The highest BCUT2D eigenvalue weighted by atomic mass is 16.5. The number of rotatable bonds is 6. The van der Waals surface area contributed by atoms with Gasteiger partial charge in [-0.2, -0.15) is 0 Å². The molecule has 5 nitrogen and oxygen atoms in total. The van der Waals surface area contributed by atoms with Crippen LogP contribution in [0.1, 0.15) is 12.5 Å². The summed E-state index contributed by atoms with van der Waals surface area (Å²) in [5.74, 6) is 2.01. The lowest BCUT2D eigenvalue weighted by atomic mass is 10.2. The molecule has 3 N–H and O–H groups in total. The third-order valence-corrected chi connectivity index (χ3v) is 3.00. The van der Waals surface area contributed by atoms with Crippen molar-refractivity contribution in [1.29, 1.82) is 0 Å². The fourth-order valence-corrected chi connectivity index (χ4v) is 1.94. The van der Waals surface area contributed by atoms with Crippen molar-refractivity contribution in [2.45, 2.75) is 13.5 Å². The van der Waals surface area contributed by atoms with Crippen molar-refractivity contribution in [1.82, 2.24) is 0 Å². The van der Waals surface area contributed by atoms with E-state index in [1.54, 1.807) is 7.11 Å². The van der Waals surface area contributed by atoms with Crippen LogP contribution >= 0.6 is 0 Å². The number of methoxy groups -OCH3 is 1. The van der Waals surface area contributed by atoms with Gasteiger partial charge in [-0.3, -0.25) is 0 Å². The Morgan fingerprint density at radius 2 is 1.91 bits per heavy atom. The van der Waals surface area contributed by atoms with Crippen LogP contribution in [0, 0.1) is 0 Å². The van der Waals surface area contributed by atoms with Crippen LogP contribution in [0.5, 0.6) is 11.5 Å². The van der Waals surface area contributed by atoms with E-state index in [1.165, 1.54) is 0 Å². The number of guanidine groups is 1. The fourth-order valence-electron chi connectivity index (χ4n) is 1.94. The molecule has 0 heterocycles. The van der Waals surface area contributed by atoms with Crippen molar-refractivity contribution in [3.63, 3.8) is 0 Å². The zero-order chi connectivity index (χ0) is 15.8. The SMILES string of the molecule is CCOc1cccc(CN=C(N)Nc2ccc(OC)cc2)c1. The molecule has 0 saturated heterocycles. The van der Waals surface area contributed by atoms with Crippen molar-refractivity contribution in [3.8, 4) is 11.5 Å². The molecule has 0 atom stereocenters. The van der Waals surface area contributed by atoms with Gasteiger partial charge in [-0.1, -0.05) is 12.1 Å². The number of benzene rings is 2. The third-order valence-electron chi connectivity index (χ3n) is 3.00. The lowest BCUT2D eigenvalue weighted by Gasteiger charge is -2.07. The molecule has 0 radical (unpaired) electrons. The van der Waals surface area contributed by atoms with Crippen molar-refractivity contribution < 1.29 is 9.47 Å². The summed E-state index contributed by atoms with van der Waals surface area (Å²) in [7, 11) is 1.63. The molecule has 2 aromatic rings. The minimum absolute atomic E-state index is 0.368. The normalized spacial score (nSPS) is 11.1.